The average molecular weight is 379 g/mol. The minimum atomic E-state index is 0.789. The first kappa shape index (κ1) is 18.1. The molecular weight excluding hydrogens is 352 g/mol. The third kappa shape index (κ3) is 6.42. The van der Waals surface area contributed by atoms with E-state index in [1.54, 1.807) is 0 Å². The highest BCUT2D eigenvalue weighted by atomic mass is 79.9. The van der Waals surface area contributed by atoms with E-state index in [1.165, 1.54) is 36.5 Å². The van der Waals surface area contributed by atoms with E-state index < -0.39 is 0 Å². The summed E-state index contributed by atoms with van der Waals surface area (Å²) in [5, 5.41) is 3.47. The van der Waals surface area contributed by atoms with Crippen LogP contribution in [0.25, 0.3) is 10.8 Å². The molecule has 2 aromatic carbocycles. The molecule has 0 unspecified atom stereocenters. The number of halogens is 1. The maximum atomic E-state index is 5.84. The average Bonchev–Trinajstić information content (AvgIpc) is 2.58. The monoisotopic (exact) mass is 378 g/mol. The highest BCUT2D eigenvalue weighted by Gasteiger charge is 2.01. The first-order valence-corrected chi connectivity index (χ1v) is 9.81. The van der Waals surface area contributed by atoms with E-state index in [0.717, 1.165) is 42.9 Å². The largest absolute Gasteiger partial charge is 0.494 e. The fourth-order valence-electron chi connectivity index (χ4n) is 2.49. The van der Waals surface area contributed by atoms with Crippen LogP contribution in [0.15, 0.2) is 36.4 Å². The number of fused-ring (bicyclic) bond motifs is 1. The van der Waals surface area contributed by atoms with Crippen LogP contribution in [0.5, 0.6) is 11.5 Å². The Bertz CT molecular complexity index is 583. The zero-order valence-electron chi connectivity index (χ0n) is 14.0. The van der Waals surface area contributed by atoms with Gasteiger partial charge in [-0.15, -0.1) is 0 Å². The number of benzene rings is 2. The van der Waals surface area contributed by atoms with E-state index in [2.05, 4.69) is 47.1 Å². The summed E-state index contributed by atoms with van der Waals surface area (Å²) in [4.78, 5) is 0. The summed E-state index contributed by atoms with van der Waals surface area (Å²) in [5.74, 6) is 1.91. The van der Waals surface area contributed by atoms with Gasteiger partial charge in [0, 0.05) is 5.33 Å². The topological polar surface area (TPSA) is 18.5 Å². The van der Waals surface area contributed by atoms with Crippen molar-refractivity contribution in [1.29, 1.82) is 0 Å². The first-order valence-electron chi connectivity index (χ1n) is 8.69. The van der Waals surface area contributed by atoms with Gasteiger partial charge in [0.05, 0.1) is 13.2 Å². The lowest BCUT2D eigenvalue weighted by Crippen LogP contribution is -1.98. The SMILES string of the molecule is CCCCCOc1ccc2cc(OCCCCCBr)ccc2c1. The number of hydrogen-bond acceptors (Lipinski definition) is 2. The lowest BCUT2D eigenvalue weighted by Gasteiger charge is -2.09. The minimum absolute atomic E-state index is 0.789. The van der Waals surface area contributed by atoms with E-state index in [1.807, 2.05) is 12.1 Å². The maximum Gasteiger partial charge on any atom is 0.119 e. The van der Waals surface area contributed by atoms with Crippen molar-refractivity contribution in [3.05, 3.63) is 36.4 Å². The van der Waals surface area contributed by atoms with Crippen LogP contribution in [0.4, 0.5) is 0 Å². The Labute approximate surface area is 148 Å². The molecule has 0 fully saturated rings. The summed E-state index contributed by atoms with van der Waals surface area (Å²) in [7, 11) is 0. The summed E-state index contributed by atoms with van der Waals surface area (Å²) in [6, 6.07) is 12.5. The Morgan fingerprint density at radius 2 is 1.30 bits per heavy atom. The van der Waals surface area contributed by atoms with Crippen LogP contribution in [-0.2, 0) is 0 Å². The zero-order valence-corrected chi connectivity index (χ0v) is 15.6. The van der Waals surface area contributed by atoms with Crippen LogP contribution in [-0.4, -0.2) is 18.5 Å². The van der Waals surface area contributed by atoms with Crippen LogP contribution < -0.4 is 9.47 Å². The number of hydrogen-bond donors (Lipinski definition) is 0. The third-order valence-corrected chi connectivity index (χ3v) is 4.41. The molecule has 0 amide bonds. The molecule has 2 nitrogen and oxygen atoms in total. The summed E-state index contributed by atoms with van der Waals surface area (Å²) in [6.07, 6.45) is 7.09. The summed E-state index contributed by atoms with van der Waals surface area (Å²) >= 11 is 3.45. The molecule has 23 heavy (non-hydrogen) atoms. The molecule has 2 aromatic rings. The fraction of sp³-hybridized carbons (Fsp3) is 0.500. The molecule has 0 aliphatic heterocycles. The van der Waals surface area contributed by atoms with Crippen LogP contribution >= 0.6 is 15.9 Å². The van der Waals surface area contributed by atoms with E-state index in [-0.39, 0.29) is 0 Å². The van der Waals surface area contributed by atoms with Crippen LogP contribution in [0.1, 0.15) is 45.4 Å². The molecule has 0 atom stereocenters. The Kier molecular flexibility index (Phi) is 8.30. The van der Waals surface area contributed by atoms with E-state index in [4.69, 9.17) is 9.47 Å². The van der Waals surface area contributed by atoms with Crippen LogP contribution in [0.3, 0.4) is 0 Å². The molecule has 3 heteroatoms. The molecule has 0 bridgehead atoms. The molecule has 0 saturated carbocycles. The van der Waals surface area contributed by atoms with E-state index in [0.29, 0.717) is 0 Å². The van der Waals surface area contributed by atoms with Gasteiger partial charge < -0.3 is 9.47 Å². The third-order valence-electron chi connectivity index (χ3n) is 3.85. The lowest BCUT2D eigenvalue weighted by molar-refractivity contribution is 0.306. The molecule has 0 spiro atoms. The Hall–Kier alpha value is -1.22. The second-order valence-corrected chi connectivity index (χ2v) is 6.62. The Balaban J connectivity index is 1.87. The van der Waals surface area contributed by atoms with Crippen molar-refractivity contribution in [2.24, 2.45) is 0 Å². The van der Waals surface area contributed by atoms with E-state index in [9.17, 15) is 0 Å². The molecule has 2 rings (SSSR count). The van der Waals surface area contributed by atoms with Gasteiger partial charge in [0.1, 0.15) is 11.5 Å². The van der Waals surface area contributed by atoms with Crippen molar-refractivity contribution < 1.29 is 9.47 Å². The molecule has 0 aromatic heterocycles. The van der Waals surface area contributed by atoms with Crippen LogP contribution in [0.2, 0.25) is 0 Å². The zero-order chi connectivity index (χ0) is 16.3. The Morgan fingerprint density at radius 1 is 0.739 bits per heavy atom. The Morgan fingerprint density at radius 3 is 1.83 bits per heavy atom. The minimum Gasteiger partial charge on any atom is -0.494 e. The second kappa shape index (κ2) is 10.5. The number of rotatable bonds is 11. The van der Waals surface area contributed by atoms with Gasteiger partial charge >= 0.3 is 0 Å². The number of alkyl halides is 1. The molecule has 0 saturated heterocycles. The molecule has 0 N–H and O–H groups in total. The first-order chi connectivity index (χ1) is 11.3. The van der Waals surface area contributed by atoms with Crippen molar-refractivity contribution in [2.45, 2.75) is 45.4 Å². The maximum absolute atomic E-state index is 5.84. The van der Waals surface area contributed by atoms with Gasteiger partial charge in [0.2, 0.25) is 0 Å². The van der Waals surface area contributed by atoms with Gasteiger partial charge in [-0.1, -0.05) is 47.8 Å². The van der Waals surface area contributed by atoms with Crippen molar-refractivity contribution in [3.63, 3.8) is 0 Å². The molecule has 0 heterocycles. The molecule has 0 aliphatic carbocycles. The summed E-state index contributed by atoms with van der Waals surface area (Å²) in [5.41, 5.74) is 0. The highest BCUT2D eigenvalue weighted by molar-refractivity contribution is 9.09. The number of unbranched alkanes of at least 4 members (excludes halogenated alkanes) is 4. The standard InChI is InChI=1S/C20H27BrO2/c1-2-3-6-13-22-19-10-8-18-16-20(11-9-17(18)15-19)23-14-7-4-5-12-21/h8-11,15-16H,2-7,12-14H2,1H3. The second-order valence-electron chi connectivity index (χ2n) is 5.82. The smallest absolute Gasteiger partial charge is 0.119 e. The van der Waals surface area contributed by atoms with E-state index >= 15 is 0 Å². The fourth-order valence-corrected chi connectivity index (χ4v) is 2.88. The molecule has 0 radical (unpaired) electrons. The predicted molar refractivity (Wildman–Crippen MR) is 102 cm³/mol. The number of ether oxygens (including phenoxy) is 2. The van der Waals surface area contributed by atoms with Crippen molar-refractivity contribution in [3.8, 4) is 11.5 Å². The van der Waals surface area contributed by atoms with Crippen molar-refractivity contribution in [1.82, 2.24) is 0 Å². The molecule has 126 valence electrons. The quantitative estimate of drug-likeness (QED) is 0.334. The molecule has 0 aliphatic rings. The summed E-state index contributed by atoms with van der Waals surface area (Å²) in [6.45, 7) is 3.80. The van der Waals surface area contributed by atoms with Crippen molar-refractivity contribution >= 4 is 26.7 Å². The summed E-state index contributed by atoms with van der Waals surface area (Å²) < 4.78 is 11.6. The van der Waals surface area contributed by atoms with Gasteiger partial charge in [0.25, 0.3) is 0 Å². The normalized spacial score (nSPS) is 10.9. The van der Waals surface area contributed by atoms with Gasteiger partial charge in [-0.2, -0.15) is 0 Å². The van der Waals surface area contributed by atoms with Gasteiger partial charge in [0.15, 0.2) is 0 Å². The van der Waals surface area contributed by atoms with Gasteiger partial charge in [-0.3, -0.25) is 0 Å². The van der Waals surface area contributed by atoms with Gasteiger partial charge in [-0.25, -0.2) is 0 Å². The highest BCUT2D eigenvalue weighted by Crippen LogP contribution is 2.25. The predicted octanol–water partition coefficient (Wildman–Crippen LogP) is 6.35. The van der Waals surface area contributed by atoms with Gasteiger partial charge in [-0.05, 0) is 60.7 Å². The van der Waals surface area contributed by atoms with Crippen molar-refractivity contribution in [2.75, 3.05) is 18.5 Å². The van der Waals surface area contributed by atoms with Crippen LogP contribution in [0, 0.1) is 0 Å². The lowest BCUT2D eigenvalue weighted by atomic mass is 10.1. The molecular formula is C20H27BrO2.